The van der Waals surface area contributed by atoms with Crippen molar-refractivity contribution in [3.63, 3.8) is 0 Å². The highest BCUT2D eigenvalue weighted by Crippen LogP contribution is 2.42. The van der Waals surface area contributed by atoms with Crippen molar-refractivity contribution in [1.82, 2.24) is 19.7 Å². The number of rotatable bonds is 3. The lowest BCUT2D eigenvalue weighted by atomic mass is 9.94. The van der Waals surface area contributed by atoms with Gasteiger partial charge in [0.05, 0.1) is 6.04 Å². The van der Waals surface area contributed by atoms with Crippen molar-refractivity contribution in [2.24, 2.45) is 0 Å². The van der Waals surface area contributed by atoms with E-state index in [0.717, 1.165) is 25.1 Å². The summed E-state index contributed by atoms with van der Waals surface area (Å²) >= 11 is 1.44. The molecule has 2 atom stereocenters. The Morgan fingerprint density at radius 1 is 1.11 bits per heavy atom. The van der Waals surface area contributed by atoms with Gasteiger partial charge in [0.1, 0.15) is 17.4 Å². The molecule has 2 unspecified atom stereocenters. The molecule has 0 fully saturated rings. The van der Waals surface area contributed by atoms with Gasteiger partial charge in [0, 0.05) is 13.1 Å². The molecule has 2 aliphatic heterocycles. The third-order valence-electron chi connectivity index (χ3n) is 5.25. The quantitative estimate of drug-likeness (QED) is 0.698. The molecule has 27 heavy (non-hydrogen) atoms. The van der Waals surface area contributed by atoms with Crippen molar-refractivity contribution in [1.29, 1.82) is 0 Å². The maximum Gasteiger partial charge on any atom is 0.264 e. The molecule has 3 heterocycles. The second-order valence-corrected chi connectivity index (χ2v) is 7.93. The minimum absolute atomic E-state index is 0.0688. The van der Waals surface area contributed by atoms with Crippen LogP contribution in [0, 0.1) is 5.82 Å². The van der Waals surface area contributed by atoms with Gasteiger partial charge in [0.25, 0.3) is 5.91 Å². The predicted octanol–water partition coefficient (Wildman–Crippen LogP) is 3.33. The SMILES string of the molecule is O=C1C(C(c2ccc(F)cc2)N2CCc3ccccc3C2)Sc2ncnn21. The molecule has 0 amide bonds. The Kier molecular flexibility index (Phi) is 4.06. The van der Waals surface area contributed by atoms with Gasteiger partial charge in [-0.15, -0.1) is 0 Å². The molecule has 7 heteroatoms. The fraction of sp³-hybridized carbons (Fsp3) is 0.250. The number of halogens is 1. The number of hydrogen-bond acceptors (Lipinski definition) is 5. The van der Waals surface area contributed by atoms with Crippen LogP contribution in [-0.4, -0.2) is 37.4 Å². The molecular weight excluding hydrogens is 363 g/mol. The molecule has 5 rings (SSSR count). The number of hydrogen-bond donors (Lipinski definition) is 0. The summed E-state index contributed by atoms with van der Waals surface area (Å²) in [5, 5.41) is 4.33. The van der Waals surface area contributed by atoms with E-state index >= 15 is 0 Å². The lowest BCUT2D eigenvalue weighted by molar-refractivity contribution is 0.0824. The van der Waals surface area contributed by atoms with Crippen molar-refractivity contribution < 1.29 is 9.18 Å². The zero-order chi connectivity index (χ0) is 18.4. The number of carbonyl (C=O) groups excluding carboxylic acids is 1. The normalized spacial score (nSPS) is 20.3. The number of thioether (sulfide) groups is 1. The lowest BCUT2D eigenvalue weighted by Gasteiger charge is -2.37. The number of nitrogens with zero attached hydrogens (tertiary/aromatic N) is 4. The maximum absolute atomic E-state index is 13.5. The van der Waals surface area contributed by atoms with Crippen LogP contribution in [0.5, 0.6) is 0 Å². The Balaban J connectivity index is 1.53. The van der Waals surface area contributed by atoms with E-state index in [1.807, 2.05) is 6.07 Å². The fourth-order valence-corrected chi connectivity index (χ4v) is 5.17. The van der Waals surface area contributed by atoms with E-state index in [0.29, 0.717) is 5.16 Å². The lowest BCUT2D eigenvalue weighted by Crippen LogP contribution is -2.41. The first kappa shape index (κ1) is 16.6. The summed E-state index contributed by atoms with van der Waals surface area (Å²) in [6.45, 7) is 1.61. The number of carbonyl (C=O) groups is 1. The van der Waals surface area contributed by atoms with Crippen molar-refractivity contribution in [3.8, 4) is 0 Å². The van der Waals surface area contributed by atoms with Crippen LogP contribution in [-0.2, 0) is 13.0 Å². The van der Waals surface area contributed by atoms with E-state index in [-0.39, 0.29) is 23.0 Å². The van der Waals surface area contributed by atoms with Gasteiger partial charge >= 0.3 is 0 Å². The Bertz CT molecular complexity index is 1000. The summed E-state index contributed by atoms with van der Waals surface area (Å²) in [6, 6.07) is 14.7. The third kappa shape index (κ3) is 2.87. The molecule has 0 N–H and O–H groups in total. The van der Waals surface area contributed by atoms with Crippen LogP contribution in [0.2, 0.25) is 0 Å². The first-order valence-corrected chi connectivity index (χ1v) is 9.76. The average molecular weight is 380 g/mol. The van der Waals surface area contributed by atoms with Gasteiger partial charge in [0.15, 0.2) is 5.16 Å². The second-order valence-electron chi connectivity index (χ2n) is 6.82. The monoisotopic (exact) mass is 380 g/mol. The molecule has 0 aliphatic carbocycles. The minimum atomic E-state index is -0.350. The van der Waals surface area contributed by atoms with E-state index in [1.165, 1.54) is 46.0 Å². The van der Waals surface area contributed by atoms with Gasteiger partial charge < -0.3 is 0 Å². The fourth-order valence-electron chi connectivity index (χ4n) is 3.94. The number of benzene rings is 2. The molecule has 2 aliphatic rings. The van der Waals surface area contributed by atoms with Gasteiger partial charge in [-0.25, -0.2) is 9.37 Å². The number of aromatic nitrogens is 3. The summed E-state index contributed by atoms with van der Waals surface area (Å²) in [4.78, 5) is 19.5. The van der Waals surface area contributed by atoms with Gasteiger partial charge in [-0.1, -0.05) is 48.2 Å². The van der Waals surface area contributed by atoms with Crippen molar-refractivity contribution in [2.45, 2.75) is 29.4 Å². The van der Waals surface area contributed by atoms with E-state index in [9.17, 15) is 9.18 Å². The Hall–Kier alpha value is -2.51. The largest absolute Gasteiger partial charge is 0.290 e. The van der Waals surface area contributed by atoms with Crippen LogP contribution in [0.15, 0.2) is 60.0 Å². The molecule has 0 radical (unpaired) electrons. The van der Waals surface area contributed by atoms with Crippen molar-refractivity contribution in [3.05, 3.63) is 77.4 Å². The number of fused-ring (bicyclic) bond motifs is 2. The smallest absolute Gasteiger partial charge is 0.264 e. The van der Waals surface area contributed by atoms with Gasteiger partial charge in [-0.3, -0.25) is 9.69 Å². The first-order valence-electron chi connectivity index (χ1n) is 8.88. The van der Waals surface area contributed by atoms with Crippen LogP contribution in [0.3, 0.4) is 0 Å². The molecule has 2 aromatic carbocycles. The Morgan fingerprint density at radius 3 is 2.67 bits per heavy atom. The van der Waals surface area contributed by atoms with E-state index in [1.54, 1.807) is 12.1 Å². The van der Waals surface area contributed by atoms with Crippen LogP contribution in [0.4, 0.5) is 4.39 Å². The van der Waals surface area contributed by atoms with Crippen LogP contribution < -0.4 is 0 Å². The zero-order valence-electron chi connectivity index (χ0n) is 14.5. The summed E-state index contributed by atoms with van der Waals surface area (Å²) < 4.78 is 14.9. The molecule has 5 nitrogen and oxygen atoms in total. The minimum Gasteiger partial charge on any atom is -0.290 e. The molecule has 0 saturated heterocycles. The van der Waals surface area contributed by atoms with Gasteiger partial charge in [-0.05, 0) is 35.2 Å². The molecular formula is C20H17FN4OS. The summed E-state index contributed by atoms with van der Waals surface area (Å²) in [5.74, 6) is -0.345. The summed E-state index contributed by atoms with van der Waals surface area (Å²) in [6.07, 6.45) is 2.34. The van der Waals surface area contributed by atoms with Gasteiger partial charge in [0.2, 0.25) is 0 Å². The maximum atomic E-state index is 13.5. The van der Waals surface area contributed by atoms with Gasteiger partial charge in [-0.2, -0.15) is 9.78 Å². The summed E-state index contributed by atoms with van der Waals surface area (Å²) in [5.41, 5.74) is 3.57. The molecule has 0 bridgehead atoms. The van der Waals surface area contributed by atoms with Crippen LogP contribution in [0.25, 0.3) is 0 Å². The Labute approximate surface area is 160 Å². The highest BCUT2D eigenvalue weighted by Gasteiger charge is 2.43. The standard InChI is InChI=1S/C20H17FN4OS/c21-16-7-5-14(6-8-16)17(18-19(26)25-20(27-18)22-12-23-25)24-10-9-13-3-1-2-4-15(13)11-24/h1-8,12,17-18H,9-11H2. The van der Waals surface area contributed by atoms with E-state index < -0.39 is 0 Å². The van der Waals surface area contributed by atoms with E-state index in [4.69, 9.17) is 0 Å². The second kappa shape index (κ2) is 6.58. The molecule has 136 valence electrons. The summed E-state index contributed by atoms with van der Waals surface area (Å²) in [7, 11) is 0. The van der Waals surface area contributed by atoms with Crippen LogP contribution >= 0.6 is 11.8 Å². The topological polar surface area (TPSA) is 51.0 Å². The van der Waals surface area contributed by atoms with E-state index in [2.05, 4.69) is 33.2 Å². The first-order chi connectivity index (χ1) is 13.2. The average Bonchev–Trinajstić information content (AvgIpc) is 3.27. The van der Waals surface area contributed by atoms with Crippen LogP contribution in [0.1, 0.15) is 27.5 Å². The predicted molar refractivity (Wildman–Crippen MR) is 100.0 cm³/mol. The molecule has 3 aromatic rings. The molecule has 1 aromatic heterocycles. The highest BCUT2D eigenvalue weighted by molar-refractivity contribution is 8.00. The molecule has 0 spiro atoms. The highest BCUT2D eigenvalue weighted by atomic mass is 32.2. The van der Waals surface area contributed by atoms with Crippen molar-refractivity contribution in [2.75, 3.05) is 6.54 Å². The third-order valence-corrected chi connectivity index (χ3v) is 6.46. The Morgan fingerprint density at radius 2 is 1.89 bits per heavy atom. The van der Waals surface area contributed by atoms with Crippen molar-refractivity contribution >= 4 is 17.7 Å². The molecule has 0 saturated carbocycles. The zero-order valence-corrected chi connectivity index (χ0v) is 15.3.